The number of aliphatic hydroxyl groups is 1. The Balaban J connectivity index is 1.98. The van der Waals surface area contributed by atoms with Gasteiger partial charge in [-0.05, 0) is 34.1 Å². The van der Waals surface area contributed by atoms with Gasteiger partial charge < -0.3 is 15.2 Å². The van der Waals surface area contributed by atoms with Crippen LogP contribution in [0.3, 0.4) is 0 Å². The molecule has 0 amide bonds. The maximum absolute atomic E-state index is 12.3. The molecule has 1 saturated heterocycles. The molecule has 0 aromatic heterocycles. The molecule has 0 saturated carbocycles. The fourth-order valence-electron chi connectivity index (χ4n) is 5.42. The average Bonchev–Trinajstić information content (AvgIpc) is 2.61. The van der Waals surface area contributed by atoms with Crippen molar-refractivity contribution in [2.24, 2.45) is 0 Å². The van der Waals surface area contributed by atoms with Gasteiger partial charge >= 0.3 is 5.97 Å². The van der Waals surface area contributed by atoms with Crippen molar-refractivity contribution in [2.75, 3.05) is 0 Å². The van der Waals surface area contributed by atoms with E-state index < -0.39 is 5.79 Å². The average molecular weight is 440 g/mol. The molecule has 0 unspecified atom stereocenters. The van der Waals surface area contributed by atoms with Crippen LogP contribution in [0.4, 0.5) is 0 Å². The van der Waals surface area contributed by atoms with Gasteiger partial charge in [0.15, 0.2) is 0 Å². The molecular weight excluding hydrogens is 386 g/mol. The van der Waals surface area contributed by atoms with E-state index in [1.807, 2.05) is 27.7 Å². The largest absolute Gasteiger partial charge is 0.433 e. The second-order valence-electron chi connectivity index (χ2n) is 11.4. The monoisotopic (exact) mass is 439 g/mol. The fourth-order valence-corrected chi connectivity index (χ4v) is 5.42. The molecule has 1 aliphatic heterocycles. The number of carbonyl (C=O) groups is 1. The summed E-state index contributed by atoms with van der Waals surface area (Å²) in [7, 11) is 0. The standard InChI is InChI=1S/C27H53NO3/c1-6-7-8-9-10-11-12-13-14-15-16-17-18-19-20-21-24(29)31-27(30)22-25(2,3)28-26(4,5)23-27/h28,30H,6-23H2,1-5H3. The summed E-state index contributed by atoms with van der Waals surface area (Å²) in [5, 5.41) is 14.4. The predicted molar refractivity (Wildman–Crippen MR) is 131 cm³/mol. The molecule has 2 N–H and O–H groups in total. The van der Waals surface area contributed by atoms with E-state index in [0.717, 1.165) is 12.8 Å². The van der Waals surface area contributed by atoms with Crippen LogP contribution in [-0.2, 0) is 9.53 Å². The van der Waals surface area contributed by atoms with E-state index in [1.54, 1.807) is 0 Å². The highest BCUT2D eigenvalue weighted by Crippen LogP contribution is 2.37. The topological polar surface area (TPSA) is 58.6 Å². The van der Waals surface area contributed by atoms with E-state index in [4.69, 9.17) is 4.74 Å². The van der Waals surface area contributed by atoms with Gasteiger partial charge in [-0.3, -0.25) is 4.79 Å². The molecule has 0 aliphatic carbocycles. The summed E-state index contributed by atoms with van der Waals surface area (Å²) in [4.78, 5) is 12.3. The van der Waals surface area contributed by atoms with Crippen molar-refractivity contribution in [3.05, 3.63) is 0 Å². The van der Waals surface area contributed by atoms with Crippen LogP contribution in [0.25, 0.3) is 0 Å². The molecule has 31 heavy (non-hydrogen) atoms. The summed E-state index contributed by atoms with van der Waals surface area (Å²) < 4.78 is 5.55. The SMILES string of the molecule is CCCCCCCCCCCCCCCCCC(=O)OC1(O)CC(C)(C)NC(C)(C)C1. The highest BCUT2D eigenvalue weighted by molar-refractivity contribution is 5.69. The van der Waals surface area contributed by atoms with Crippen molar-refractivity contribution in [1.82, 2.24) is 5.32 Å². The first kappa shape index (κ1) is 28.4. The molecule has 1 rings (SSSR count). The minimum absolute atomic E-state index is 0.259. The number of hydrogen-bond donors (Lipinski definition) is 2. The number of ether oxygens (including phenoxy) is 1. The Labute approximate surface area is 193 Å². The molecule has 1 heterocycles. The third kappa shape index (κ3) is 14.2. The summed E-state index contributed by atoms with van der Waals surface area (Å²) in [5.41, 5.74) is -0.517. The van der Waals surface area contributed by atoms with Gasteiger partial charge in [-0.2, -0.15) is 0 Å². The molecule has 4 heteroatoms. The van der Waals surface area contributed by atoms with Crippen molar-refractivity contribution in [1.29, 1.82) is 0 Å². The van der Waals surface area contributed by atoms with E-state index in [0.29, 0.717) is 19.3 Å². The quantitative estimate of drug-likeness (QED) is 0.141. The Morgan fingerprint density at radius 1 is 0.710 bits per heavy atom. The maximum atomic E-state index is 12.3. The van der Waals surface area contributed by atoms with Crippen LogP contribution in [0.1, 0.15) is 150 Å². The third-order valence-corrected chi connectivity index (χ3v) is 6.40. The number of esters is 1. The minimum Gasteiger partial charge on any atom is -0.433 e. The van der Waals surface area contributed by atoms with Gasteiger partial charge in [-0.25, -0.2) is 0 Å². The molecule has 4 nitrogen and oxygen atoms in total. The molecule has 0 aromatic carbocycles. The van der Waals surface area contributed by atoms with Gasteiger partial charge in [0.2, 0.25) is 5.79 Å². The Bertz CT molecular complexity index is 471. The lowest BCUT2D eigenvalue weighted by Crippen LogP contribution is -2.64. The lowest BCUT2D eigenvalue weighted by molar-refractivity contribution is -0.237. The van der Waals surface area contributed by atoms with E-state index in [-0.39, 0.29) is 17.0 Å². The fraction of sp³-hybridized carbons (Fsp3) is 0.963. The van der Waals surface area contributed by atoms with Crippen molar-refractivity contribution in [3.63, 3.8) is 0 Å². The van der Waals surface area contributed by atoms with E-state index in [1.165, 1.54) is 83.5 Å². The second kappa shape index (κ2) is 14.5. The Hall–Kier alpha value is -0.610. The number of rotatable bonds is 17. The van der Waals surface area contributed by atoms with Crippen LogP contribution in [-0.4, -0.2) is 27.9 Å². The first-order valence-electron chi connectivity index (χ1n) is 13.3. The van der Waals surface area contributed by atoms with Gasteiger partial charge in [0.1, 0.15) is 0 Å². The summed E-state index contributed by atoms with van der Waals surface area (Å²) >= 11 is 0. The maximum Gasteiger partial charge on any atom is 0.308 e. The van der Waals surface area contributed by atoms with E-state index in [9.17, 15) is 9.90 Å². The lowest BCUT2D eigenvalue weighted by Gasteiger charge is -2.49. The van der Waals surface area contributed by atoms with Crippen molar-refractivity contribution in [2.45, 2.75) is 167 Å². The number of nitrogens with one attached hydrogen (secondary N) is 1. The molecule has 0 spiro atoms. The van der Waals surface area contributed by atoms with Crippen molar-refractivity contribution < 1.29 is 14.6 Å². The molecule has 0 aromatic rings. The van der Waals surface area contributed by atoms with Crippen LogP contribution in [0.15, 0.2) is 0 Å². The Morgan fingerprint density at radius 3 is 1.45 bits per heavy atom. The van der Waals surface area contributed by atoms with Gasteiger partial charge in [0, 0.05) is 30.3 Å². The summed E-state index contributed by atoms with van der Waals surface area (Å²) in [6, 6.07) is 0. The highest BCUT2D eigenvalue weighted by atomic mass is 16.7. The van der Waals surface area contributed by atoms with Gasteiger partial charge in [0.05, 0.1) is 0 Å². The van der Waals surface area contributed by atoms with Gasteiger partial charge in [0.25, 0.3) is 0 Å². The molecule has 0 bridgehead atoms. The third-order valence-electron chi connectivity index (χ3n) is 6.40. The number of piperidine rings is 1. The molecular formula is C27H53NO3. The normalized spacial score (nSPS) is 19.3. The summed E-state index contributed by atoms with van der Waals surface area (Å²) in [6.45, 7) is 10.4. The van der Waals surface area contributed by atoms with Crippen molar-refractivity contribution in [3.8, 4) is 0 Å². The first-order valence-corrected chi connectivity index (χ1v) is 13.3. The molecule has 184 valence electrons. The van der Waals surface area contributed by atoms with Crippen LogP contribution >= 0.6 is 0 Å². The number of carbonyl (C=O) groups excluding carboxylic acids is 1. The van der Waals surface area contributed by atoms with E-state index >= 15 is 0 Å². The minimum atomic E-state index is -1.36. The zero-order chi connectivity index (χ0) is 23.2. The molecule has 1 fully saturated rings. The van der Waals surface area contributed by atoms with Crippen LogP contribution < -0.4 is 5.32 Å². The zero-order valence-electron chi connectivity index (χ0n) is 21.5. The van der Waals surface area contributed by atoms with Crippen molar-refractivity contribution >= 4 is 5.97 Å². The Kier molecular flexibility index (Phi) is 13.3. The van der Waals surface area contributed by atoms with Gasteiger partial charge in [-0.15, -0.1) is 0 Å². The number of unbranched alkanes of at least 4 members (excludes halogenated alkanes) is 14. The lowest BCUT2D eigenvalue weighted by atomic mass is 9.78. The summed E-state index contributed by atoms with van der Waals surface area (Å²) in [6.07, 6.45) is 20.9. The van der Waals surface area contributed by atoms with Crippen LogP contribution in [0.5, 0.6) is 0 Å². The summed E-state index contributed by atoms with van der Waals surface area (Å²) in [5.74, 6) is -1.61. The molecule has 0 radical (unpaired) electrons. The Morgan fingerprint density at radius 2 is 1.06 bits per heavy atom. The first-order chi connectivity index (χ1) is 14.6. The van der Waals surface area contributed by atoms with Crippen LogP contribution in [0, 0.1) is 0 Å². The molecule has 0 atom stereocenters. The van der Waals surface area contributed by atoms with Crippen LogP contribution in [0.2, 0.25) is 0 Å². The smallest absolute Gasteiger partial charge is 0.308 e. The molecule has 1 aliphatic rings. The second-order valence-corrected chi connectivity index (χ2v) is 11.4. The number of hydrogen-bond acceptors (Lipinski definition) is 4. The zero-order valence-corrected chi connectivity index (χ0v) is 21.5. The highest BCUT2D eigenvalue weighted by Gasteiger charge is 2.48. The van der Waals surface area contributed by atoms with Gasteiger partial charge in [-0.1, -0.05) is 96.8 Å². The predicted octanol–water partition coefficient (Wildman–Crippen LogP) is 7.42. The van der Waals surface area contributed by atoms with E-state index in [2.05, 4.69) is 12.2 Å².